The maximum atomic E-state index is 5.15. The van der Waals surface area contributed by atoms with Gasteiger partial charge in [0, 0.05) is 5.56 Å². The van der Waals surface area contributed by atoms with Crippen molar-refractivity contribution < 1.29 is 9.47 Å². The normalized spacial score (nSPS) is 10.0. The Morgan fingerprint density at radius 2 is 2.13 bits per heavy atom. The van der Waals surface area contributed by atoms with Crippen molar-refractivity contribution in [2.24, 2.45) is 5.10 Å². The first-order chi connectivity index (χ1) is 7.27. The number of hydrogen-bond acceptors (Lipinski definition) is 4. The molecule has 80 valence electrons. The molecule has 0 aliphatic carbocycles. The van der Waals surface area contributed by atoms with E-state index < -0.39 is 0 Å². The number of rotatable bonds is 3. The maximum Gasteiger partial charge on any atom is 0.277 e. The van der Waals surface area contributed by atoms with Gasteiger partial charge in [0.25, 0.3) is 5.17 Å². The summed E-state index contributed by atoms with van der Waals surface area (Å²) >= 11 is 4.75. The molecule has 0 spiro atoms. The smallest absolute Gasteiger partial charge is 0.277 e. The second-order valence-corrected chi connectivity index (χ2v) is 2.97. The van der Waals surface area contributed by atoms with Crippen LogP contribution in [0.4, 0.5) is 0 Å². The fourth-order valence-electron chi connectivity index (χ4n) is 0.973. The molecular formula is C10H12N2O2S. The number of benzene rings is 1. The van der Waals surface area contributed by atoms with Crippen LogP contribution in [0.5, 0.6) is 5.75 Å². The van der Waals surface area contributed by atoms with E-state index in [0.29, 0.717) is 0 Å². The largest absolute Gasteiger partial charge is 0.496 e. The van der Waals surface area contributed by atoms with Crippen LogP contribution < -0.4 is 10.2 Å². The molecule has 0 radical (unpaired) electrons. The van der Waals surface area contributed by atoms with Crippen LogP contribution in [0.15, 0.2) is 29.4 Å². The number of para-hydroxylation sites is 1. The molecule has 0 bridgehead atoms. The van der Waals surface area contributed by atoms with Gasteiger partial charge in [-0.25, -0.2) is 5.43 Å². The number of thiocarbonyl (C=S) groups is 1. The van der Waals surface area contributed by atoms with Crippen molar-refractivity contribution in [2.75, 3.05) is 14.2 Å². The van der Waals surface area contributed by atoms with E-state index >= 15 is 0 Å². The highest BCUT2D eigenvalue weighted by molar-refractivity contribution is 7.80. The second-order valence-electron chi connectivity index (χ2n) is 2.60. The molecule has 1 rings (SSSR count). The standard InChI is InChI=1S/C10H12N2O2S/c1-13-9-6-4-3-5-8(9)7-11-12-10(15)14-2/h3-7H,1-2H3,(H,12,15)/b11-7+. The summed E-state index contributed by atoms with van der Waals surface area (Å²) in [7, 11) is 3.09. The van der Waals surface area contributed by atoms with E-state index in [9.17, 15) is 0 Å². The number of hydrazone groups is 1. The van der Waals surface area contributed by atoms with Crippen LogP contribution in [0.25, 0.3) is 0 Å². The zero-order valence-electron chi connectivity index (χ0n) is 8.56. The van der Waals surface area contributed by atoms with Gasteiger partial charge >= 0.3 is 0 Å². The lowest BCUT2D eigenvalue weighted by Crippen LogP contribution is -2.16. The first-order valence-electron chi connectivity index (χ1n) is 4.28. The monoisotopic (exact) mass is 224 g/mol. The van der Waals surface area contributed by atoms with E-state index in [-0.39, 0.29) is 5.17 Å². The molecular weight excluding hydrogens is 212 g/mol. The highest BCUT2D eigenvalue weighted by Gasteiger charge is 1.97. The molecule has 0 atom stereocenters. The fourth-order valence-corrected chi connectivity index (χ4v) is 1.03. The van der Waals surface area contributed by atoms with E-state index in [4.69, 9.17) is 21.7 Å². The lowest BCUT2D eigenvalue weighted by atomic mass is 10.2. The highest BCUT2D eigenvalue weighted by Crippen LogP contribution is 2.14. The summed E-state index contributed by atoms with van der Waals surface area (Å²) in [5.74, 6) is 0.756. The minimum atomic E-state index is 0.223. The van der Waals surface area contributed by atoms with Crippen LogP contribution in [0.1, 0.15) is 5.56 Å². The van der Waals surface area contributed by atoms with Gasteiger partial charge in [0.2, 0.25) is 0 Å². The van der Waals surface area contributed by atoms with Crippen LogP contribution in [0, 0.1) is 0 Å². The molecule has 0 aromatic heterocycles. The number of nitrogens with zero attached hydrogens (tertiary/aromatic N) is 1. The Morgan fingerprint density at radius 1 is 1.40 bits per heavy atom. The van der Waals surface area contributed by atoms with E-state index in [1.165, 1.54) is 7.11 Å². The molecule has 1 N–H and O–H groups in total. The molecule has 0 amide bonds. The zero-order valence-corrected chi connectivity index (χ0v) is 9.38. The van der Waals surface area contributed by atoms with Gasteiger partial charge in [-0.2, -0.15) is 5.10 Å². The van der Waals surface area contributed by atoms with Crippen molar-refractivity contribution >= 4 is 23.6 Å². The Balaban J connectivity index is 2.67. The molecule has 4 nitrogen and oxygen atoms in total. The Labute approximate surface area is 93.9 Å². The van der Waals surface area contributed by atoms with Crippen molar-refractivity contribution in [1.29, 1.82) is 0 Å². The lowest BCUT2D eigenvalue weighted by Gasteiger charge is -2.03. The summed E-state index contributed by atoms with van der Waals surface area (Å²) in [4.78, 5) is 0. The van der Waals surface area contributed by atoms with E-state index in [2.05, 4.69) is 10.5 Å². The SMILES string of the molecule is COC(=S)N/N=C/c1ccccc1OC. The van der Waals surface area contributed by atoms with Crippen LogP contribution in [-0.4, -0.2) is 25.6 Å². The van der Waals surface area contributed by atoms with Gasteiger partial charge in [-0.3, -0.25) is 0 Å². The van der Waals surface area contributed by atoms with Crippen LogP contribution in [-0.2, 0) is 4.74 Å². The first kappa shape index (κ1) is 11.5. The quantitative estimate of drug-likeness (QED) is 0.480. The predicted octanol–water partition coefficient (Wildman–Crippen LogP) is 1.55. The minimum absolute atomic E-state index is 0.223. The summed E-state index contributed by atoms with van der Waals surface area (Å²) in [5, 5.41) is 4.12. The maximum absolute atomic E-state index is 5.15. The van der Waals surface area contributed by atoms with Crippen LogP contribution in [0.3, 0.4) is 0 Å². The molecule has 0 aliphatic rings. The average Bonchev–Trinajstić information content (AvgIpc) is 2.29. The van der Waals surface area contributed by atoms with Gasteiger partial charge in [-0.15, -0.1) is 0 Å². The average molecular weight is 224 g/mol. The molecule has 0 fully saturated rings. The highest BCUT2D eigenvalue weighted by atomic mass is 32.1. The summed E-state index contributed by atoms with van der Waals surface area (Å²) in [6.07, 6.45) is 1.62. The molecule has 0 aliphatic heterocycles. The third-order valence-electron chi connectivity index (χ3n) is 1.68. The van der Waals surface area contributed by atoms with E-state index in [1.54, 1.807) is 13.3 Å². The predicted molar refractivity (Wildman–Crippen MR) is 63.3 cm³/mol. The topological polar surface area (TPSA) is 42.8 Å². The van der Waals surface area contributed by atoms with Gasteiger partial charge in [0.1, 0.15) is 5.75 Å². The third-order valence-corrected chi connectivity index (χ3v) is 1.94. The van der Waals surface area contributed by atoms with Gasteiger partial charge in [0.05, 0.1) is 20.4 Å². The number of hydrogen-bond donors (Lipinski definition) is 1. The van der Waals surface area contributed by atoms with Crippen molar-refractivity contribution in [3.63, 3.8) is 0 Å². The molecule has 15 heavy (non-hydrogen) atoms. The second kappa shape index (κ2) is 5.98. The molecule has 0 unspecified atom stereocenters. The number of methoxy groups -OCH3 is 2. The van der Waals surface area contributed by atoms with Crippen molar-refractivity contribution in [2.45, 2.75) is 0 Å². The fraction of sp³-hybridized carbons (Fsp3) is 0.200. The molecule has 5 heteroatoms. The molecule has 0 heterocycles. The Hall–Kier alpha value is -1.62. The van der Waals surface area contributed by atoms with Gasteiger partial charge in [0.15, 0.2) is 0 Å². The summed E-state index contributed by atoms with van der Waals surface area (Å²) in [6, 6.07) is 7.54. The molecule has 0 saturated carbocycles. The van der Waals surface area contributed by atoms with Crippen LogP contribution >= 0.6 is 12.2 Å². The zero-order chi connectivity index (χ0) is 11.1. The summed E-state index contributed by atoms with van der Waals surface area (Å²) in [5.41, 5.74) is 3.42. The van der Waals surface area contributed by atoms with Crippen LogP contribution in [0.2, 0.25) is 0 Å². The number of nitrogens with one attached hydrogen (secondary N) is 1. The summed E-state index contributed by atoms with van der Waals surface area (Å²) < 4.78 is 9.87. The molecule has 1 aromatic carbocycles. The molecule has 1 aromatic rings. The Bertz CT molecular complexity index is 366. The Morgan fingerprint density at radius 3 is 2.80 bits per heavy atom. The van der Waals surface area contributed by atoms with E-state index in [0.717, 1.165) is 11.3 Å². The lowest BCUT2D eigenvalue weighted by molar-refractivity contribution is 0.394. The Kier molecular flexibility index (Phi) is 4.56. The number of ether oxygens (including phenoxy) is 2. The van der Waals surface area contributed by atoms with Crippen molar-refractivity contribution in [3.05, 3.63) is 29.8 Å². The van der Waals surface area contributed by atoms with Gasteiger partial charge in [-0.05, 0) is 24.4 Å². The van der Waals surface area contributed by atoms with Crippen molar-refractivity contribution in [1.82, 2.24) is 5.43 Å². The third kappa shape index (κ3) is 3.55. The molecule has 0 saturated heterocycles. The minimum Gasteiger partial charge on any atom is -0.496 e. The van der Waals surface area contributed by atoms with Gasteiger partial charge in [-0.1, -0.05) is 12.1 Å². The van der Waals surface area contributed by atoms with E-state index in [1.807, 2.05) is 24.3 Å². The van der Waals surface area contributed by atoms with Gasteiger partial charge < -0.3 is 9.47 Å². The first-order valence-corrected chi connectivity index (χ1v) is 4.68. The summed E-state index contributed by atoms with van der Waals surface area (Å²) in [6.45, 7) is 0. The van der Waals surface area contributed by atoms with Crippen molar-refractivity contribution in [3.8, 4) is 5.75 Å².